The third-order valence-electron chi connectivity index (χ3n) is 2.52. The first kappa shape index (κ1) is 44.0. The molecule has 0 unspecified atom stereocenters. The second kappa shape index (κ2) is 39.6. The average Bonchev–Trinajstić information content (AvgIpc) is 2.68. The predicted octanol–water partition coefficient (Wildman–Crippen LogP) is 4.65. The lowest BCUT2D eigenvalue weighted by Crippen LogP contribution is -2.16. The van der Waals surface area contributed by atoms with Crippen LogP contribution in [0.3, 0.4) is 0 Å². The number of hydrogen-bond donors (Lipinski definition) is 0. The zero-order valence-corrected chi connectivity index (χ0v) is 23.5. The largest absolute Gasteiger partial charge is 0.507 e. The van der Waals surface area contributed by atoms with Crippen LogP contribution < -0.4 is 0 Å². The molecule has 0 bridgehead atoms. The third-order valence-corrected chi connectivity index (χ3v) is 2.52. The first-order chi connectivity index (χ1) is 14.7. The number of hydrogen-bond acceptors (Lipinski definition) is 10. The highest BCUT2D eigenvalue weighted by molar-refractivity contribution is 7.97. The number of carbonyl (C=O) groups is 4. The molecule has 32 heavy (non-hydrogen) atoms. The summed E-state index contributed by atoms with van der Waals surface area (Å²) in [5, 5.41) is 0. The van der Waals surface area contributed by atoms with Crippen LogP contribution in [0.4, 0.5) is 4.79 Å². The number of thioether (sulfide) groups is 1. The van der Waals surface area contributed by atoms with Gasteiger partial charge < -0.3 is 28.5 Å². The minimum atomic E-state index is -0.657. The number of ketones is 1. The smallest absolute Gasteiger partial charge is 0.469 e. The Morgan fingerprint density at radius 1 is 0.625 bits per heavy atom. The maximum Gasteiger partial charge on any atom is 0.507 e. The fourth-order valence-corrected chi connectivity index (χ4v) is 1.39. The first-order valence-electron chi connectivity index (χ1n) is 9.69. The number of Topliss-reactive ketones (excluding diaryl/α,β-unsaturated/α-hetero) is 1. The van der Waals surface area contributed by atoms with E-state index in [0.29, 0.717) is 0 Å². The third kappa shape index (κ3) is 104. The van der Waals surface area contributed by atoms with Crippen LogP contribution in [0.25, 0.3) is 0 Å². The lowest BCUT2D eigenvalue weighted by atomic mass is 9.78. The molecule has 0 heterocycles. The summed E-state index contributed by atoms with van der Waals surface area (Å²) in [6.45, 7) is 10.4. The molecule has 0 saturated heterocycles. The molecule has 0 aromatic rings. The normalized spacial score (nSPS) is 13.8. The van der Waals surface area contributed by atoms with Crippen LogP contribution in [-0.4, -0.2) is 79.0 Å². The van der Waals surface area contributed by atoms with Gasteiger partial charge in [0, 0.05) is 28.1 Å². The molecule has 0 aliphatic heterocycles. The molecule has 1 fully saturated rings. The molecular weight excluding hydrogens is 440 g/mol. The molecule has 1 rings (SSSR count). The minimum absolute atomic E-state index is 0.167. The minimum Gasteiger partial charge on any atom is -0.469 e. The monoisotopic (exact) mass is 488 g/mol. The van der Waals surface area contributed by atoms with Gasteiger partial charge in [-0.3, -0.25) is 9.59 Å². The van der Waals surface area contributed by atoms with Gasteiger partial charge in [0.15, 0.2) is 0 Å². The summed E-state index contributed by atoms with van der Waals surface area (Å²) in [6.07, 6.45) is 6.37. The second-order valence-corrected chi connectivity index (χ2v) is 7.27. The quantitative estimate of drug-likeness (QED) is 0.352. The average molecular weight is 489 g/mol. The SMILES string of the molecule is CC(C)=O.CC1CC(C)C1.COC.COC(=O)OC.COC(C)=O.COC(C)=O.CSC. The van der Waals surface area contributed by atoms with Crippen molar-refractivity contribution in [2.24, 2.45) is 11.8 Å². The van der Waals surface area contributed by atoms with Crippen LogP contribution in [0.5, 0.6) is 0 Å². The Labute approximate surface area is 200 Å². The molecule has 1 saturated carbocycles. The van der Waals surface area contributed by atoms with Gasteiger partial charge in [-0.15, -0.1) is 0 Å². The first-order valence-corrected chi connectivity index (χ1v) is 11.3. The highest BCUT2D eigenvalue weighted by Gasteiger charge is 2.19. The summed E-state index contributed by atoms with van der Waals surface area (Å²) >= 11 is 1.75. The van der Waals surface area contributed by atoms with Gasteiger partial charge in [-0.2, -0.15) is 11.8 Å². The van der Waals surface area contributed by atoms with E-state index in [1.807, 2.05) is 12.5 Å². The van der Waals surface area contributed by atoms with Crippen molar-refractivity contribution in [3.63, 3.8) is 0 Å². The van der Waals surface area contributed by atoms with Gasteiger partial charge in [0.05, 0.1) is 28.4 Å². The Balaban J connectivity index is -0.0000000627. The van der Waals surface area contributed by atoms with E-state index in [0.717, 1.165) is 11.8 Å². The highest BCUT2D eigenvalue weighted by Crippen LogP contribution is 2.31. The molecule has 0 aromatic carbocycles. The molecule has 0 radical (unpaired) electrons. The Morgan fingerprint density at radius 2 is 0.781 bits per heavy atom. The second-order valence-electron chi connectivity index (χ2n) is 6.46. The van der Waals surface area contributed by atoms with Gasteiger partial charge >= 0.3 is 18.1 Å². The van der Waals surface area contributed by atoms with E-state index in [1.165, 1.54) is 69.0 Å². The van der Waals surface area contributed by atoms with Crippen LogP contribution in [0.15, 0.2) is 0 Å². The summed E-state index contributed by atoms with van der Waals surface area (Å²) in [5.41, 5.74) is 0. The fourth-order valence-electron chi connectivity index (χ4n) is 1.39. The van der Waals surface area contributed by atoms with Crippen molar-refractivity contribution in [1.82, 2.24) is 0 Å². The van der Waals surface area contributed by atoms with Crippen molar-refractivity contribution < 1.29 is 42.9 Å². The van der Waals surface area contributed by atoms with Crippen LogP contribution in [-0.2, 0) is 38.1 Å². The highest BCUT2D eigenvalue weighted by atomic mass is 32.2. The van der Waals surface area contributed by atoms with E-state index in [9.17, 15) is 19.2 Å². The van der Waals surface area contributed by atoms with Gasteiger partial charge in [0.1, 0.15) is 5.78 Å². The summed E-state index contributed by atoms with van der Waals surface area (Å²) in [5.74, 6) is 1.76. The Hall–Kier alpha value is -1.81. The molecule has 9 nitrogen and oxygen atoms in total. The van der Waals surface area contributed by atoms with Gasteiger partial charge in [-0.25, -0.2) is 4.79 Å². The number of esters is 2. The molecule has 0 spiro atoms. The van der Waals surface area contributed by atoms with Gasteiger partial charge in [-0.05, 0) is 51.0 Å². The Bertz CT molecular complexity index is 378. The van der Waals surface area contributed by atoms with E-state index in [-0.39, 0.29) is 17.7 Å². The Kier molecular flexibility index (Phi) is 54.5. The Morgan fingerprint density at radius 3 is 0.781 bits per heavy atom. The molecule has 10 heteroatoms. The van der Waals surface area contributed by atoms with Crippen molar-refractivity contribution >= 4 is 35.6 Å². The molecule has 196 valence electrons. The number of carbonyl (C=O) groups excluding carboxylic acids is 4. The van der Waals surface area contributed by atoms with E-state index in [4.69, 9.17) is 0 Å². The van der Waals surface area contributed by atoms with Crippen LogP contribution in [0.1, 0.15) is 54.4 Å². The zero-order chi connectivity index (χ0) is 27.1. The maximum atomic E-state index is 9.74. The van der Waals surface area contributed by atoms with Crippen molar-refractivity contribution in [2.45, 2.75) is 54.4 Å². The maximum absolute atomic E-state index is 9.74. The molecule has 1 aliphatic rings. The fraction of sp³-hybridized carbons (Fsp3) is 0.818. The van der Waals surface area contributed by atoms with Crippen molar-refractivity contribution in [3.8, 4) is 0 Å². The van der Waals surface area contributed by atoms with E-state index in [1.54, 1.807) is 26.0 Å². The van der Waals surface area contributed by atoms with Crippen LogP contribution >= 0.6 is 11.8 Å². The predicted molar refractivity (Wildman–Crippen MR) is 131 cm³/mol. The standard InChI is InChI=1S/C6H12.C3H6O3.2C3H6O2.C3H6O.C2H6O.C2H6S/c1-5-3-6(2)4-5;1-5-3(4)6-2;2*1-3(4)5-2;1-3(2)4;2*1-3-2/h5-6H,3-4H2,1-2H3;1-2H3;2*1-2H3;1-2H3;2*1-2H3. The molecule has 0 N–H and O–H groups in total. The molecule has 0 aromatic heterocycles. The molecule has 0 amide bonds. The van der Waals surface area contributed by atoms with Crippen molar-refractivity contribution in [2.75, 3.05) is 55.2 Å². The summed E-state index contributed by atoms with van der Waals surface area (Å²) in [4.78, 5) is 38.4. The topological polar surface area (TPSA) is 114 Å². The summed E-state index contributed by atoms with van der Waals surface area (Å²) in [6, 6.07) is 0. The van der Waals surface area contributed by atoms with Crippen LogP contribution in [0, 0.1) is 11.8 Å². The van der Waals surface area contributed by atoms with Gasteiger partial charge in [0.2, 0.25) is 0 Å². The lowest BCUT2D eigenvalue weighted by molar-refractivity contribution is -0.138. The van der Waals surface area contributed by atoms with E-state index in [2.05, 4.69) is 37.5 Å². The molecular formula is C22H48O9S. The van der Waals surface area contributed by atoms with Crippen molar-refractivity contribution in [1.29, 1.82) is 0 Å². The van der Waals surface area contributed by atoms with E-state index < -0.39 is 6.16 Å². The van der Waals surface area contributed by atoms with Crippen molar-refractivity contribution in [3.05, 3.63) is 0 Å². The lowest BCUT2D eigenvalue weighted by Gasteiger charge is -2.28. The van der Waals surface area contributed by atoms with Gasteiger partial charge in [0.25, 0.3) is 0 Å². The summed E-state index contributed by atoms with van der Waals surface area (Å²) < 4.78 is 20.5. The number of methoxy groups -OCH3 is 5. The van der Waals surface area contributed by atoms with E-state index >= 15 is 0 Å². The van der Waals surface area contributed by atoms with Crippen LogP contribution in [0.2, 0.25) is 0 Å². The summed E-state index contributed by atoms with van der Waals surface area (Å²) in [7, 11) is 8.46. The van der Waals surface area contributed by atoms with Gasteiger partial charge in [-0.1, -0.05) is 13.8 Å². The molecule has 1 aliphatic carbocycles. The number of rotatable bonds is 0. The zero-order valence-electron chi connectivity index (χ0n) is 22.7. The number of ether oxygens (including phenoxy) is 5. The molecule has 0 atom stereocenters.